The first-order chi connectivity index (χ1) is 15.0. The third kappa shape index (κ3) is 6.10. The molecule has 1 aromatic heterocycles. The van der Waals surface area contributed by atoms with Crippen LogP contribution in [-0.4, -0.2) is 23.1 Å². The van der Waals surface area contributed by atoms with E-state index in [9.17, 15) is 14.9 Å². The lowest BCUT2D eigenvalue weighted by molar-refractivity contribution is -0.142. The van der Waals surface area contributed by atoms with Crippen molar-refractivity contribution in [1.82, 2.24) is 4.57 Å². The highest BCUT2D eigenvalue weighted by molar-refractivity contribution is 6.00. The van der Waals surface area contributed by atoms with Crippen molar-refractivity contribution in [2.75, 3.05) is 11.9 Å². The van der Waals surface area contributed by atoms with E-state index in [4.69, 9.17) is 4.74 Å². The number of esters is 1. The Morgan fingerprint density at radius 3 is 2.47 bits per heavy atom. The highest BCUT2D eigenvalue weighted by atomic mass is 16.5. The lowest BCUT2D eigenvalue weighted by Gasteiger charge is -2.16. The molecule has 0 atom stereocenters. The number of nitrogens with one attached hydrogen (secondary N) is 1. The molecule has 6 heteroatoms. The van der Waals surface area contributed by atoms with Crippen LogP contribution < -0.4 is 5.32 Å². The summed E-state index contributed by atoms with van der Waals surface area (Å²) in [6, 6.07) is 9.67. The summed E-state index contributed by atoms with van der Waals surface area (Å²) in [5, 5.41) is 12.3. The van der Waals surface area contributed by atoms with Gasteiger partial charge in [-0.25, -0.2) is 4.79 Å². The second-order valence-electron chi connectivity index (χ2n) is 8.82. The van der Waals surface area contributed by atoms with E-state index in [0.29, 0.717) is 5.92 Å². The van der Waals surface area contributed by atoms with Gasteiger partial charge in [-0.05, 0) is 61.4 Å². The van der Waals surface area contributed by atoms with Crippen LogP contribution in [0.1, 0.15) is 61.7 Å². The van der Waals surface area contributed by atoms with Gasteiger partial charge in [0.2, 0.25) is 0 Å². The summed E-state index contributed by atoms with van der Waals surface area (Å²) in [6.07, 6.45) is 1.53. The van der Waals surface area contributed by atoms with E-state index < -0.39 is 18.5 Å². The number of aromatic nitrogens is 1. The monoisotopic (exact) mass is 435 g/mol. The summed E-state index contributed by atoms with van der Waals surface area (Å²) in [4.78, 5) is 24.9. The molecule has 32 heavy (non-hydrogen) atoms. The molecule has 0 fully saturated rings. The van der Waals surface area contributed by atoms with Crippen molar-refractivity contribution in [2.24, 2.45) is 5.92 Å². The number of rotatable bonds is 8. The minimum absolute atomic E-state index is 0.138. The lowest BCUT2D eigenvalue weighted by Crippen LogP contribution is -2.22. The largest absolute Gasteiger partial charge is 0.451 e. The standard InChI is InChI=1S/C26H33N3O3/c1-16(2)14-29-19(6)11-21(20(29)7)12-22(13-27)26(31)32-15-24(30)28-25-18(5)9-8-10-23(25)17(3)4/h8-12,16-17H,14-15H2,1-7H3,(H,28,30)/b22-12+. The summed E-state index contributed by atoms with van der Waals surface area (Å²) < 4.78 is 7.30. The third-order valence-corrected chi connectivity index (χ3v) is 5.33. The fraction of sp³-hybridized carbons (Fsp3) is 0.423. The van der Waals surface area contributed by atoms with E-state index in [0.717, 1.165) is 40.3 Å². The Kier molecular flexibility index (Phi) is 8.42. The Morgan fingerprint density at radius 2 is 1.88 bits per heavy atom. The van der Waals surface area contributed by atoms with Crippen LogP contribution in [0.15, 0.2) is 29.8 Å². The van der Waals surface area contributed by atoms with E-state index in [1.54, 1.807) is 0 Å². The first kappa shape index (κ1) is 24.9. The second kappa shape index (κ2) is 10.8. The number of para-hydroxylation sites is 1. The van der Waals surface area contributed by atoms with Crippen molar-refractivity contribution in [3.63, 3.8) is 0 Å². The molecule has 0 spiro atoms. The van der Waals surface area contributed by atoms with Gasteiger partial charge in [0, 0.05) is 23.6 Å². The molecule has 0 aliphatic rings. The van der Waals surface area contributed by atoms with E-state index in [1.165, 1.54) is 6.08 Å². The Morgan fingerprint density at radius 1 is 1.19 bits per heavy atom. The van der Waals surface area contributed by atoms with Crippen LogP contribution >= 0.6 is 0 Å². The molecule has 1 N–H and O–H groups in total. The maximum Gasteiger partial charge on any atom is 0.349 e. The van der Waals surface area contributed by atoms with Gasteiger partial charge in [0.25, 0.3) is 5.91 Å². The number of benzene rings is 1. The molecule has 0 saturated carbocycles. The number of amides is 1. The van der Waals surface area contributed by atoms with E-state index in [2.05, 4.69) is 23.7 Å². The second-order valence-corrected chi connectivity index (χ2v) is 8.82. The number of ether oxygens (including phenoxy) is 1. The SMILES string of the molecule is Cc1cccc(C(C)C)c1NC(=O)COC(=O)/C(C#N)=C/c1cc(C)n(CC(C)C)c1C. The highest BCUT2D eigenvalue weighted by Gasteiger charge is 2.17. The Bertz CT molecular complexity index is 1070. The van der Waals surface area contributed by atoms with Crippen LogP contribution in [0.4, 0.5) is 5.69 Å². The fourth-order valence-corrected chi connectivity index (χ4v) is 3.64. The first-order valence-corrected chi connectivity index (χ1v) is 10.9. The summed E-state index contributed by atoms with van der Waals surface area (Å²) in [6.45, 7) is 14.6. The molecular weight excluding hydrogens is 402 g/mol. The third-order valence-electron chi connectivity index (χ3n) is 5.33. The Hall–Kier alpha value is -3.33. The van der Waals surface area contributed by atoms with Gasteiger partial charge in [-0.2, -0.15) is 5.26 Å². The molecule has 0 unspecified atom stereocenters. The molecule has 1 heterocycles. The number of nitriles is 1. The molecule has 0 bridgehead atoms. The average Bonchev–Trinajstić information content (AvgIpc) is 2.98. The van der Waals surface area contributed by atoms with Gasteiger partial charge in [0.1, 0.15) is 11.6 Å². The molecule has 0 saturated heterocycles. The van der Waals surface area contributed by atoms with Crippen LogP contribution in [-0.2, 0) is 20.9 Å². The number of hydrogen-bond donors (Lipinski definition) is 1. The zero-order valence-corrected chi connectivity index (χ0v) is 20.1. The molecule has 6 nitrogen and oxygen atoms in total. The van der Waals surface area contributed by atoms with Crippen LogP contribution in [0, 0.1) is 38.0 Å². The molecule has 1 amide bonds. The highest BCUT2D eigenvalue weighted by Crippen LogP contribution is 2.27. The zero-order chi connectivity index (χ0) is 24.0. The maximum absolute atomic E-state index is 12.5. The van der Waals surface area contributed by atoms with Crippen LogP contribution in [0.25, 0.3) is 6.08 Å². The number of carbonyl (C=O) groups excluding carboxylic acids is 2. The van der Waals surface area contributed by atoms with Crippen LogP contribution in [0.5, 0.6) is 0 Å². The van der Waals surface area contributed by atoms with Gasteiger partial charge in [0.05, 0.1) is 0 Å². The lowest BCUT2D eigenvalue weighted by atomic mass is 9.98. The van der Waals surface area contributed by atoms with Crippen molar-refractivity contribution in [3.05, 3.63) is 57.9 Å². The van der Waals surface area contributed by atoms with Gasteiger partial charge < -0.3 is 14.6 Å². The minimum Gasteiger partial charge on any atom is -0.451 e. The Labute approximate surface area is 190 Å². The smallest absolute Gasteiger partial charge is 0.349 e. The zero-order valence-electron chi connectivity index (χ0n) is 20.1. The van der Waals surface area contributed by atoms with Crippen LogP contribution in [0.3, 0.4) is 0 Å². The number of nitrogens with zero attached hydrogens (tertiary/aromatic N) is 2. The molecular formula is C26H33N3O3. The molecule has 170 valence electrons. The van der Waals surface area contributed by atoms with Gasteiger partial charge >= 0.3 is 5.97 Å². The molecule has 1 aromatic carbocycles. The maximum atomic E-state index is 12.5. The summed E-state index contributed by atoms with van der Waals surface area (Å²) in [5.74, 6) is -0.553. The predicted molar refractivity (Wildman–Crippen MR) is 127 cm³/mol. The quantitative estimate of drug-likeness (QED) is 0.347. The molecule has 0 radical (unpaired) electrons. The number of aryl methyl sites for hydroxylation is 2. The minimum atomic E-state index is -0.815. The van der Waals surface area contributed by atoms with E-state index in [1.807, 2.05) is 65.0 Å². The van der Waals surface area contributed by atoms with Crippen molar-refractivity contribution >= 4 is 23.6 Å². The van der Waals surface area contributed by atoms with Crippen molar-refractivity contribution < 1.29 is 14.3 Å². The van der Waals surface area contributed by atoms with Gasteiger partial charge in [-0.15, -0.1) is 0 Å². The molecule has 2 rings (SSSR count). The van der Waals surface area contributed by atoms with Gasteiger partial charge in [-0.3, -0.25) is 4.79 Å². The van der Waals surface area contributed by atoms with Crippen molar-refractivity contribution in [2.45, 2.75) is 60.9 Å². The normalized spacial score (nSPS) is 11.6. The summed E-state index contributed by atoms with van der Waals surface area (Å²) in [5.41, 5.74) is 5.38. The first-order valence-electron chi connectivity index (χ1n) is 10.9. The van der Waals surface area contributed by atoms with E-state index >= 15 is 0 Å². The number of hydrogen-bond acceptors (Lipinski definition) is 4. The van der Waals surface area contributed by atoms with Gasteiger partial charge in [0.15, 0.2) is 6.61 Å². The molecule has 2 aromatic rings. The molecule has 0 aliphatic heterocycles. The molecule has 0 aliphatic carbocycles. The predicted octanol–water partition coefficient (Wildman–Crippen LogP) is 5.28. The van der Waals surface area contributed by atoms with Crippen molar-refractivity contribution in [3.8, 4) is 6.07 Å². The topological polar surface area (TPSA) is 84.1 Å². The van der Waals surface area contributed by atoms with Crippen LogP contribution in [0.2, 0.25) is 0 Å². The Balaban J connectivity index is 2.11. The average molecular weight is 436 g/mol. The summed E-state index contributed by atoms with van der Waals surface area (Å²) >= 11 is 0. The van der Waals surface area contributed by atoms with Gasteiger partial charge in [-0.1, -0.05) is 45.9 Å². The van der Waals surface area contributed by atoms with E-state index in [-0.39, 0.29) is 11.5 Å². The summed E-state index contributed by atoms with van der Waals surface area (Å²) in [7, 11) is 0. The number of carbonyl (C=O) groups is 2. The number of anilines is 1. The fourth-order valence-electron chi connectivity index (χ4n) is 3.64. The van der Waals surface area contributed by atoms with Crippen molar-refractivity contribution in [1.29, 1.82) is 5.26 Å².